The van der Waals surface area contributed by atoms with Crippen LogP contribution >= 0.6 is 22.6 Å². The second-order valence-corrected chi connectivity index (χ2v) is 9.46. The highest BCUT2D eigenvalue weighted by Crippen LogP contribution is 2.31. The fourth-order valence-electron chi connectivity index (χ4n) is 3.76. The van der Waals surface area contributed by atoms with Crippen molar-refractivity contribution in [1.29, 1.82) is 0 Å². The number of hydrogen-bond donors (Lipinski definition) is 3. The van der Waals surface area contributed by atoms with E-state index in [0.717, 1.165) is 41.3 Å². The van der Waals surface area contributed by atoms with Crippen LogP contribution in [0.3, 0.4) is 0 Å². The summed E-state index contributed by atoms with van der Waals surface area (Å²) in [6.45, 7) is 2.71. The van der Waals surface area contributed by atoms with Gasteiger partial charge in [-0.25, -0.2) is 9.78 Å². The number of fused-ring (bicyclic) bond motifs is 1. The lowest BCUT2D eigenvalue weighted by molar-refractivity contribution is 0.103. The summed E-state index contributed by atoms with van der Waals surface area (Å²) in [6, 6.07) is 5.55. The summed E-state index contributed by atoms with van der Waals surface area (Å²) in [5.74, 6) is -0.0824. The number of nitrogens with one attached hydrogen (secondary N) is 3. The predicted molar refractivity (Wildman–Crippen MR) is 143 cm³/mol. The second kappa shape index (κ2) is 11.2. The molecule has 0 saturated heterocycles. The van der Waals surface area contributed by atoms with Crippen molar-refractivity contribution >= 4 is 45.4 Å². The van der Waals surface area contributed by atoms with Gasteiger partial charge in [0.25, 0.3) is 0 Å². The second-order valence-electron chi connectivity index (χ2n) is 7.96. The summed E-state index contributed by atoms with van der Waals surface area (Å²) in [5, 5.41) is 6.31. The number of unbranched alkanes of at least 4 members (excludes halogenated alkanes) is 1. The Morgan fingerprint density at radius 3 is 2.97 bits per heavy atom. The molecule has 0 bridgehead atoms. The summed E-state index contributed by atoms with van der Waals surface area (Å²) < 4.78 is 0.122. The summed E-state index contributed by atoms with van der Waals surface area (Å²) >= 11 is 2.33. The molecule has 3 N–H and O–H groups in total. The average molecular weight is 567 g/mol. The fraction of sp³-hybridized carbons (Fsp3) is 0.231. The van der Waals surface area contributed by atoms with Crippen LogP contribution in [0.25, 0.3) is 22.2 Å². The van der Waals surface area contributed by atoms with E-state index in [1.54, 1.807) is 31.0 Å². The highest BCUT2D eigenvalue weighted by atomic mass is 127. The molecule has 0 saturated carbocycles. The molecule has 1 unspecified atom stereocenters. The van der Waals surface area contributed by atoms with Gasteiger partial charge in [0.2, 0.25) is 0 Å². The number of ketones is 1. The molecule has 0 radical (unpaired) electrons. The van der Waals surface area contributed by atoms with E-state index in [1.165, 1.54) is 0 Å². The lowest BCUT2D eigenvalue weighted by atomic mass is 9.91. The molecule has 174 valence electrons. The molecule has 7 nitrogen and oxygen atoms in total. The number of H-pyrrole nitrogens is 1. The van der Waals surface area contributed by atoms with Crippen LogP contribution in [0, 0.1) is 0 Å². The van der Waals surface area contributed by atoms with Crippen LogP contribution in [0.1, 0.15) is 36.5 Å². The van der Waals surface area contributed by atoms with E-state index in [9.17, 15) is 9.59 Å². The Kier molecular flexibility index (Phi) is 7.89. The number of halogens is 1. The molecule has 0 spiro atoms. The zero-order chi connectivity index (χ0) is 23.9. The van der Waals surface area contributed by atoms with Gasteiger partial charge in [-0.15, -0.1) is 0 Å². The smallest absolute Gasteiger partial charge is 0.318 e. The van der Waals surface area contributed by atoms with Crippen molar-refractivity contribution in [2.45, 2.75) is 30.1 Å². The van der Waals surface area contributed by atoms with Crippen LogP contribution in [0.4, 0.5) is 4.79 Å². The number of rotatable bonds is 8. The lowest BCUT2D eigenvalue weighted by Crippen LogP contribution is -2.32. The van der Waals surface area contributed by atoms with Gasteiger partial charge in [0.1, 0.15) is 5.65 Å². The van der Waals surface area contributed by atoms with Crippen molar-refractivity contribution < 1.29 is 9.59 Å². The van der Waals surface area contributed by atoms with Gasteiger partial charge in [0.05, 0.1) is 0 Å². The van der Waals surface area contributed by atoms with Crippen LogP contribution in [-0.4, -0.2) is 37.2 Å². The number of pyridine rings is 2. The highest BCUT2D eigenvalue weighted by Gasteiger charge is 2.23. The molecule has 3 aromatic heterocycles. The first-order valence-corrected chi connectivity index (χ1v) is 12.5. The van der Waals surface area contributed by atoms with E-state index in [1.807, 2.05) is 36.4 Å². The topological polar surface area (TPSA) is 99.8 Å². The van der Waals surface area contributed by atoms with Crippen LogP contribution < -0.4 is 10.6 Å². The first kappa shape index (κ1) is 23.9. The molecule has 8 heteroatoms. The van der Waals surface area contributed by atoms with Gasteiger partial charge in [-0.1, -0.05) is 54.2 Å². The molecular weight excluding hydrogens is 541 g/mol. The Hall–Kier alpha value is -3.27. The van der Waals surface area contributed by atoms with Crippen LogP contribution in [0.5, 0.6) is 0 Å². The molecular formula is C26H26IN5O2. The SMILES string of the molecule is CCCCNC(=O)N/C=C\C1=C(C(=O)c2c[nH]c3ncc(-c4cccnc4)cc23)C=CCC1I. The molecule has 4 rings (SSSR count). The number of carbonyl (C=O) groups excluding carboxylic acids is 2. The van der Waals surface area contributed by atoms with E-state index in [0.29, 0.717) is 23.3 Å². The fourth-order valence-corrected chi connectivity index (χ4v) is 4.60. The summed E-state index contributed by atoms with van der Waals surface area (Å²) in [6.07, 6.45) is 17.1. The quantitative estimate of drug-likeness (QED) is 0.145. The van der Waals surface area contributed by atoms with E-state index in [-0.39, 0.29) is 15.7 Å². The Balaban J connectivity index is 1.62. The van der Waals surface area contributed by atoms with Crippen LogP contribution in [0.2, 0.25) is 0 Å². The number of amides is 2. The highest BCUT2D eigenvalue weighted by molar-refractivity contribution is 14.1. The number of aromatic nitrogens is 3. The van der Waals surface area contributed by atoms with Gasteiger partial charge < -0.3 is 15.6 Å². The summed E-state index contributed by atoms with van der Waals surface area (Å²) in [4.78, 5) is 37.4. The van der Waals surface area contributed by atoms with Crippen molar-refractivity contribution in [1.82, 2.24) is 25.6 Å². The van der Waals surface area contributed by atoms with Crippen molar-refractivity contribution in [2.24, 2.45) is 0 Å². The van der Waals surface area contributed by atoms with Gasteiger partial charge in [-0.05, 0) is 36.6 Å². The number of Topliss-reactive ketones (excluding diaryl/α,β-unsaturated/α-hetero) is 1. The number of aromatic amines is 1. The Morgan fingerprint density at radius 1 is 1.29 bits per heavy atom. The molecule has 1 aliphatic rings. The van der Waals surface area contributed by atoms with Gasteiger partial charge in [-0.3, -0.25) is 9.78 Å². The zero-order valence-electron chi connectivity index (χ0n) is 18.8. The van der Waals surface area contributed by atoms with Crippen LogP contribution in [-0.2, 0) is 0 Å². The molecule has 2 amide bonds. The predicted octanol–water partition coefficient (Wildman–Crippen LogP) is 5.48. The van der Waals surface area contributed by atoms with Crippen molar-refractivity contribution in [3.63, 3.8) is 0 Å². The number of urea groups is 1. The normalized spacial score (nSPS) is 15.8. The van der Waals surface area contributed by atoms with Crippen molar-refractivity contribution in [3.05, 3.63) is 84.1 Å². The minimum absolute atomic E-state index is 0.0824. The van der Waals surface area contributed by atoms with Crippen molar-refractivity contribution in [3.8, 4) is 11.1 Å². The first-order valence-electron chi connectivity index (χ1n) is 11.3. The van der Waals surface area contributed by atoms with Crippen LogP contribution in [0.15, 0.2) is 78.6 Å². The third kappa shape index (κ3) is 5.44. The molecule has 1 atom stereocenters. The minimum atomic E-state index is -0.250. The van der Waals surface area contributed by atoms with Gasteiger partial charge in [-0.2, -0.15) is 0 Å². The standard InChI is InChI=1S/C26H26IN5O2/c1-2-3-11-29-26(34)30-12-9-19-20(7-4-8-23(19)27)24(33)22-16-32-25-21(22)13-18(15-31-25)17-6-5-10-28-14-17/h4-7,9-10,12-16,23H,2-3,8,11H2,1H3,(H,31,32)(H2,29,30,34)/b12-9-. The van der Waals surface area contributed by atoms with E-state index >= 15 is 0 Å². The number of carbonyl (C=O) groups is 2. The molecule has 0 aliphatic heterocycles. The maximum absolute atomic E-state index is 13.6. The van der Waals surface area contributed by atoms with Crippen molar-refractivity contribution in [2.75, 3.05) is 6.54 Å². The molecule has 0 aromatic carbocycles. The van der Waals surface area contributed by atoms with Gasteiger partial charge in [0, 0.05) is 69.1 Å². The lowest BCUT2D eigenvalue weighted by Gasteiger charge is -2.18. The summed E-state index contributed by atoms with van der Waals surface area (Å²) in [5.41, 5.74) is 4.55. The third-order valence-corrected chi connectivity index (χ3v) is 6.76. The van der Waals surface area contributed by atoms with E-state index in [4.69, 9.17) is 0 Å². The Labute approximate surface area is 212 Å². The number of nitrogens with zero attached hydrogens (tertiary/aromatic N) is 2. The van der Waals surface area contributed by atoms with Gasteiger partial charge >= 0.3 is 6.03 Å². The van der Waals surface area contributed by atoms with E-state index < -0.39 is 0 Å². The monoisotopic (exact) mass is 567 g/mol. The average Bonchev–Trinajstić information content (AvgIpc) is 3.28. The van der Waals surface area contributed by atoms with Gasteiger partial charge in [0.15, 0.2) is 5.78 Å². The number of hydrogen-bond acceptors (Lipinski definition) is 4. The minimum Gasteiger partial charge on any atom is -0.345 e. The first-order chi connectivity index (χ1) is 16.6. The Morgan fingerprint density at radius 2 is 2.18 bits per heavy atom. The zero-order valence-corrected chi connectivity index (χ0v) is 21.0. The van der Waals surface area contributed by atoms with E-state index in [2.05, 4.69) is 55.1 Å². The number of alkyl halides is 1. The largest absolute Gasteiger partial charge is 0.345 e. The summed E-state index contributed by atoms with van der Waals surface area (Å²) in [7, 11) is 0. The Bertz CT molecular complexity index is 1280. The molecule has 0 fully saturated rings. The molecule has 1 aliphatic carbocycles. The maximum atomic E-state index is 13.6. The number of allylic oxidation sites excluding steroid dienone is 5. The molecule has 34 heavy (non-hydrogen) atoms. The molecule has 3 heterocycles. The maximum Gasteiger partial charge on any atom is 0.318 e. The molecule has 3 aromatic rings. The third-order valence-electron chi connectivity index (χ3n) is 5.58.